The molecule has 2 rings (SSSR count). The number of piperidine rings is 1. The number of carbonyl (C=O) groups excluding carboxylic acids is 1. The summed E-state index contributed by atoms with van der Waals surface area (Å²) in [5.74, 6) is 1.25. The third kappa shape index (κ3) is 7.37. The van der Waals surface area contributed by atoms with E-state index in [4.69, 9.17) is 14.5 Å². The SMILES string of the molecule is CCNC(=NCCCCOc1ccc(F)cc1)N1CCC(C(=O)OCC)CC1. The van der Waals surface area contributed by atoms with Gasteiger partial charge in [0, 0.05) is 26.2 Å². The van der Waals surface area contributed by atoms with Gasteiger partial charge >= 0.3 is 5.97 Å². The van der Waals surface area contributed by atoms with E-state index < -0.39 is 0 Å². The maximum atomic E-state index is 12.9. The normalized spacial score (nSPS) is 15.4. The molecule has 0 aliphatic carbocycles. The van der Waals surface area contributed by atoms with Gasteiger partial charge in [0.15, 0.2) is 5.96 Å². The van der Waals surface area contributed by atoms with Gasteiger partial charge in [0.1, 0.15) is 11.6 Å². The van der Waals surface area contributed by atoms with Crippen molar-refractivity contribution < 1.29 is 18.7 Å². The summed E-state index contributed by atoms with van der Waals surface area (Å²) in [6.07, 6.45) is 3.39. The van der Waals surface area contributed by atoms with Crippen LogP contribution in [-0.2, 0) is 9.53 Å². The minimum absolute atomic E-state index is 0.00249. The molecule has 0 radical (unpaired) electrons. The van der Waals surface area contributed by atoms with Crippen molar-refractivity contribution in [1.82, 2.24) is 10.2 Å². The predicted octanol–water partition coefficient (Wildman–Crippen LogP) is 3.23. The van der Waals surface area contributed by atoms with Gasteiger partial charge in [-0.3, -0.25) is 9.79 Å². The van der Waals surface area contributed by atoms with Crippen LogP contribution in [0.4, 0.5) is 4.39 Å². The molecule has 0 aromatic heterocycles. The highest BCUT2D eigenvalue weighted by molar-refractivity contribution is 5.80. The summed E-state index contributed by atoms with van der Waals surface area (Å²) < 4.78 is 23.6. The number of nitrogens with one attached hydrogen (secondary N) is 1. The topological polar surface area (TPSA) is 63.2 Å². The van der Waals surface area contributed by atoms with Gasteiger partial charge in [-0.1, -0.05) is 0 Å². The molecule has 28 heavy (non-hydrogen) atoms. The van der Waals surface area contributed by atoms with Crippen molar-refractivity contribution in [3.63, 3.8) is 0 Å². The lowest BCUT2D eigenvalue weighted by Crippen LogP contribution is -2.46. The number of carbonyl (C=O) groups is 1. The molecular weight excluding hydrogens is 361 g/mol. The minimum Gasteiger partial charge on any atom is -0.494 e. The molecule has 1 aromatic rings. The Bertz CT molecular complexity index is 614. The Labute approximate surface area is 167 Å². The van der Waals surface area contributed by atoms with Gasteiger partial charge in [0.2, 0.25) is 0 Å². The number of guanidine groups is 1. The summed E-state index contributed by atoms with van der Waals surface area (Å²) in [6, 6.07) is 6.06. The Morgan fingerprint density at radius 1 is 1.21 bits per heavy atom. The van der Waals surface area contributed by atoms with Crippen LogP contribution in [-0.4, -0.2) is 56.2 Å². The molecule has 0 saturated carbocycles. The molecule has 1 N–H and O–H groups in total. The standard InChI is InChI=1S/C21H32FN3O3/c1-3-23-21(25-14-11-17(12-15-25)20(26)27-4-2)24-13-5-6-16-28-19-9-7-18(22)8-10-19/h7-10,17H,3-6,11-16H2,1-2H3,(H,23,24). The molecule has 1 heterocycles. The number of likely N-dealkylation sites (tertiary alicyclic amines) is 1. The van der Waals surface area contributed by atoms with E-state index in [1.54, 1.807) is 12.1 Å². The first-order valence-electron chi connectivity index (χ1n) is 10.2. The Kier molecular flexibility index (Phi) is 9.59. The molecular formula is C21H32FN3O3. The minimum atomic E-state index is -0.260. The summed E-state index contributed by atoms with van der Waals surface area (Å²) in [5.41, 5.74) is 0. The summed E-state index contributed by atoms with van der Waals surface area (Å²) in [6.45, 7) is 8.06. The van der Waals surface area contributed by atoms with E-state index in [1.807, 2.05) is 6.92 Å². The molecule has 1 aliphatic heterocycles. The van der Waals surface area contributed by atoms with Crippen molar-refractivity contribution in [1.29, 1.82) is 0 Å². The third-order valence-corrected chi connectivity index (χ3v) is 4.65. The number of nitrogens with zero attached hydrogens (tertiary/aromatic N) is 2. The van der Waals surface area contributed by atoms with Crippen LogP contribution in [0.3, 0.4) is 0 Å². The van der Waals surface area contributed by atoms with Crippen LogP contribution in [0, 0.1) is 11.7 Å². The summed E-state index contributed by atoms with van der Waals surface area (Å²) in [5, 5.41) is 3.34. The Morgan fingerprint density at radius 2 is 1.93 bits per heavy atom. The highest BCUT2D eigenvalue weighted by Gasteiger charge is 2.27. The number of rotatable bonds is 9. The number of hydrogen-bond donors (Lipinski definition) is 1. The van der Waals surface area contributed by atoms with E-state index in [1.165, 1.54) is 12.1 Å². The fraction of sp³-hybridized carbons (Fsp3) is 0.619. The van der Waals surface area contributed by atoms with Crippen LogP contribution in [0.5, 0.6) is 5.75 Å². The number of halogens is 1. The monoisotopic (exact) mass is 393 g/mol. The molecule has 0 spiro atoms. The number of ether oxygens (including phenoxy) is 2. The van der Waals surface area contributed by atoms with Crippen LogP contribution in [0.2, 0.25) is 0 Å². The molecule has 6 nitrogen and oxygen atoms in total. The largest absolute Gasteiger partial charge is 0.494 e. The third-order valence-electron chi connectivity index (χ3n) is 4.65. The van der Waals surface area contributed by atoms with Gasteiger partial charge in [-0.15, -0.1) is 0 Å². The Balaban J connectivity index is 1.70. The molecule has 7 heteroatoms. The van der Waals surface area contributed by atoms with Crippen molar-refractivity contribution in [2.45, 2.75) is 39.5 Å². The van der Waals surface area contributed by atoms with E-state index in [0.717, 1.165) is 51.3 Å². The highest BCUT2D eigenvalue weighted by Crippen LogP contribution is 2.19. The first-order valence-corrected chi connectivity index (χ1v) is 10.2. The van der Waals surface area contributed by atoms with Gasteiger partial charge in [-0.05, 0) is 63.8 Å². The zero-order valence-electron chi connectivity index (χ0n) is 17.0. The predicted molar refractivity (Wildman–Crippen MR) is 108 cm³/mol. The molecule has 0 atom stereocenters. The second-order valence-electron chi connectivity index (χ2n) is 6.76. The van der Waals surface area contributed by atoms with Crippen molar-refractivity contribution in [2.24, 2.45) is 10.9 Å². The van der Waals surface area contributed by atoms with Crippen molar-refractivity contribution in [3.05, 3.63) is 30.1 Å². The second kappa shape index (κ2) is 12.2. The van der Waals surface area contributed by atoms with E-state index in [-0.39, 0.29) is 17.7 Å². The molecule has 1 aromatic carbocycles. The van der Waals surface area contributed by atoms with Gasteiger partial charge in [-0.25, -0.2) is 4.39 Å². The summed E-state index contributed by atoms with van der Waals surface area (Å²) in [4.78, 5) is 18.8. The lowest BCUT2D eigenvalue weighted by atomic mass is 9.97. The molecule has 1 saturated heterocycles. The van der Waals surface area contributed by atoms with E-state index in [2.05, 4.69) is 17.1 Å². The molecule has 0 bridgehead atoms. The van der Waals surface area contributed by atoms with E-state index in [0.29, 0.717) is 25.5 Å². The lowest BCUT2D eigenvalue weighted by molar-refractivity contribution is -0.149. The van der Waals surface area contributed by atoms with Crippen LogP contribution in [0.15, 0.2) is 29.3 Å². The molecule has 156 valence electrons. The van der Waals surface area contributed by atoms with Crippen LogP contribution in [0.1, 0.15) is 39.5 Å². The van der Waals surface area contributed by atoms with Crippen LogP contribution >= 0.6 is 0 Å². The Morgan fingerprint density at radius 3 is 2.57 bits per heavy atom. The molecule has 1 aliphatic rings. The zero-order valence-corrected chi connectivity index (χ0v) is 17.0. The fourth-order valence-corrected chi connectivity index (χ4v) is 3.13. The van der Waals surface area contributed by atoms with E-state index >= 15 is 0 Å². The summed E-state index contributed by atoms with van der Waals surface area (Å²) >= 11 is 0. The second-order valence-corrected chi connectivity index (χ2v) is 6.76. The van der Waals surface area contributed by atoms with Crippen LogP contribution < -0.4 is 10.1 Å². The number of esters is 1. The van der Waals surface area contributed by atoms with Gasteiger partial charge < -0.3 is 19.7 Å². The number of benzene rings is 1. The highest BCUT2D eigenvalue weighted by atomic mass is 19.1. The van der Waals surface area contributed by atoms with Crippen molar-refractivity contribution in [2.75, 3.05) is 39.4 Å². The maximum Gasteiger partial charge on any atom is 0.309 e. The van der Waals surface area contributed by atoms with Crippen LogP contribution in [0.25, 0.3) is 0 Å². The van der Waals surface area contributed by atoms with Crippen molar-refractivity contribution in [3.8, 4) is 5.75 Å². The molecule has 1 fully saturated rings. The summed E-state index contributed by atoms with van der Waals surface area (Å²) in [7, 11) is 0. The zero-order chi connectivity index (χ0) is 20.2. The smallest absolute Gasteiger partial charge is 0.309 e. The number of aliphatic imine (C=N–C) groups is 1. The van der Waals surface area contributed by atoms with Crippen molar-refractivity contribution >= 4 is 11.9 Å². The van der Waals surface area contributed by atoms with E-state index in [9.17, 15) is 9.18 Å². The van der Waals surface area contributed by atoms with Gasteiger partial charge in [0.05, 0.1) is 19.1 Å². The quantitative estimate of drug-likeness (QED) is 0.302. The maximum absolute atomic E-state index is 12.9. The average molecular weight is 394 g/mol. The molecule has 0 amide bonds. The number of unbranched alkanes of at least 4 members (excludes halogenated alkanes) is 1. The lowest BCUT2D eigenvalue weighted by Gasteiger charge is -2.33. The first kappa shape index (κ1) is 22.0. The average Bonchev–Trinajstić information content (AvgIpc) is 2.71. The molecule has 0 unspecified atom stereocenters. The van der Waals surface area contributed by atoms with Gasteiger partial charge in [-0.2, -0.15) is 0 Å². The fourth-order valence-electron chi connectivity index (χ4n) is 3.13. The number of hydrogen-bond acceptors (Lipinski definition) is 4. The first-order chi connectivity index (χ1) is 13.6. The van der Waals surface area contributed by atoms with Gasteiger partial charge in [0.25, 0.3) is 0 Å². The Hall–Kier alpha value is -2.31.